The van der Waals surface area contributed by atoms with Gasteiger partial charge in [0, 0.05) is 31.0 Å². The van der Waals surface area contributed by atoms with Crippen LogP contribution in [-0.2, 0) is 6.54 Å². The Bertz CT molecular complexity index is 383. The van der Waals surface area contributed by atoms with Gasteiger partial charge < -0.3 is 5.73 Å². The summed E-state index contributed by atoms with van der Waals surface area (Å²) in [7, 11) is 0. The van der Waals surface area contributed by atoms with Crippen LogP contribution in [-0.4, -0.2) is 28.5 Å². The van der Waals surface area contributed by atoms with Crippen LogP contribution < -0.4 is 5.73 Å². The predicted molar refractivity (Wildman–Crippen MR) is 75.3 cm³/mol. The number of rotatable bonds is 5. The van der Waals surface area contributed by atoms with E-state index in [1.54, 1.807) is 0 Å². The zero-order valence-electron chi connectivity index (χ0n) is 11.7. The van der Waals surface area contributed by atoms with Crippen molar-refractivity contribution in [3.05, 3.63) is 29.6 Å². The molecule has 1 aliphatic carbocycles. The summed E-state index contributed by atoms with van der Waals surface area (Å²) in [5.41, 5.74) is 8.84. The van der Waals surface area contributed by atoms with Crippen LogP contribution in [0.5, 0.6) is 0 Å². The van der Waals surface area contributed by atoms with Gasteiger partial charge in [0.15, 0.2) is 0 Å². The van der Waals surface area contributed by atoms with Gasteiger partial charge in [-0.3, -0.25) is 9.88 Å². The zero-order valence-corrected chi connectivity index (χ0v) is 11.7. The van der Waals surface area contributed by atoms with Crippen molar-refractivity contribution in [2.45, 2.75) is 51.6 Å². The van der Waals surface area contributed by atoms with Crippen molar-refractivity contribution in [3.8, 4) is 0 Å². The Labute approximate surface area is 110 Å². The number of aromatic nitrogens is 1. The Morgan fingerprint density at radius 1 is 1.33 bits per heavy atom. The van der Waals surface area contributed by atoms with E-state index in [4.69, 9.17) is 5.73 Å². The van der Waals surface area contributed by atoms with Crippen molar-refractivity contribution in [3.63, 3.8) is 0 Å². The minimum atomic E-state index is 0.235. The maximum Gasteiger partial charge on any atom is 0.0335 e. The van der Waals surface area contributed by atoms with Gasteiger partial charge in [-0.1, -0.05) is 25.8 Å². The van der Waals surface area contributed by atoms with E-state index < -0.39 is 0 Å². The van der Waals surface area contributed by atoms with Crippen molar-refractivity contribution in [2.75, 3.05) is 13.1 Å². The highest BCUT2D eigenvalue weighted by atomic mass is 15.2. The summed E-state index contributed by atoms with van der Waals surface area (Å²) in [5.74, 6) is 0. The molecule has 0 aliphatic heterocycles. The second kappa shape index (κ2) is 5.81. The monoisotopic (exact) mass is 247 g/mol. The predicted octanol–water partition coefficient (Wildman–Crippen LogP) is 2.48. The third-order valence-electron chi connectivity index (χ3n) is 4.27. The van der Waals surface area contributed by atoms with Crippen molar-refractivity contribution in [1.29, 1.82) is 0 Å². The van der Waals surface area contributed by atoms with Crippen LogP contribution >= 0.6 is 0 Å². The van der Waals surface area contributed by atoms with Crippen LogP contribution in [0.3, 0.4) is 0 Å². The smallest absolute Gasteiger partial charge is 0.0335 e. The second-order valence-electron chi connectivity index (χ2n) is 5.52. The van der Waals surface area contributed by atoms with Gasteiger partial charge in [-0.2, -0.15) is 0 Å². The average molecular weight is 247 g/mol. The lowest BCUT2D eigenvalue weighted by atomic mass is 9.94. The first kappa shape index (κ1) is 13.5. The number of pyridine rings is 1. The Kier molecular flexibility index (Phi) is 4.36. The van der Waals surface area contributed by atoms with Gasteiger partial charge in [-0.05, 0) is 37.4 Å². The maximum atomic E-state index is 6.07. The van der Waals surface area contributed by atoms with E-state index in [1.165, 1.54) is 36.8 Å². The molecule has 0 atom stereocenters. The van der Waals surface area contributed by atoms with Crippen molar-refractivity contribution < 1.29 is 0 Å². The number of likely N-dealkylation sites (N-methyl/N-ethyl adjacent to an activating group) is 1. The van der Waals surface area contributed by atoms with Crippen LogP contribution in [0.15, 0.2) is 18.5 Å². The Balaban J connectivity index is 2.13. The zero-order chi connectivity index (χ0) is 13.0. The molecular formula is C15H25N3. The largest absolute Gasteiger partial charge is 0.329 e. The van der Waals surface area contributed by atoms with Crippen LogP contribution in [0.1, 0.15) is 43.7 Å². The summed E-state index contributed by atoms with van der Waals surface area (Å²) in [5, 5.41) is 0. The molecule has 18 heavy (non-hydrogen) atoms. The maximum absolute atomic E-state index is 6.07. The van der Waals surface area contributed by atoms with Crippen LogP contribution in [0.2, 0.25) is 0 Å². The van der Waals surface area contributed by atoms with Crippen LogP contribution in [0.4, 0.5) is 0 Å². The standard InChI is InChI=1S/C15H25N3/c1-3-18(15(12-16)6-4-5-7-15)11-14-8-13(2)9-17-10-14/h8-10H,3-7,11-12,16H2,1-2H3. The third-order valence-corrected chi connectivity index (χ3v) is 4.27. The molecule has 3 heteroatoms. The van der Waals surface area contributed by atoms with Gasteiger partial charge in [0.05, 0.1) is 0 Å². The molecule has 0 unspecified atom stereocenters. The fourth-order valence-corrected chi connectivity index (χ4v) is 3.22. The lowest BCUT2D eigenvalue weighted by molar-refractivity contribution is 0.0969. The lowest BCUT2D eigenvalue weighted by Crippen LogP contribution is -2.51. The molecule has 2 rings (SSSR count). The van der Waals surface area contributed by atoms with Crippen LogP contribution in [0, 0.1) is 6.92 Å². The first-order valence-electron chi connectivity index (χ1n) is 7.06. The van der Waals surface area contributed by atoms with Gasteiger partial charge in [0.25, 0.3) is 0 Å². The van der Waals surface area contributed by atoms with Crippen molar-refractivity contribution >= 4 is 0 Å². The first-order valence-corrected chi connectivity index (χ1v) is 7.06. The van der Waals surface area contributed by atoms with E-state index in [-0.39, 0.29) is 5.54 Å². The van der Waals surface area contributed by atoms with Gasteiger partial charge in [-0.15, -0.1) is 0 Å². The molecule has 100 valence electrons. The molecular weight excluding hydrogens is 222 g/mol. The van der Waals surface area contributed by atoms with E-state index in [1.807, 2.05) is 12.4 Å². The molecule has 0 saturated heterocycles. The number of aryl methyl sites for hydroxylation is 1. The van der Waals surface area contributed by atoms with E-state index in [0.717, 1.165) is 19.6 Å². The van der Waals surface area contributed by atoms with Gasteiger partial charge >= 0.3 is 0 Å². The molecule has 0 radical (unpaired) electrons. The second-order valence-corrected chi connectivity index (χ2v) is 5.52. The highest BCUT2D eigenvalue weighted by Gasteiger charge is 2.37. The Hall–Kier alpha value is -0.930. The van der Waals surface area contributed by atoms with Gasteiger partial charge in [0.2, 0.25) is 0 Å². The van der Waals surface area contributed by atoms with E-state index in [2.05, 4.69) is 29.8 Å². The molecule has 0 amide bonds. The topological polar surface area (TPSA) is 42.2 Å². The Morgan fingerprint density at radius 2 is 2.06 bits per heavy atom. The third kappa shape index (κ3) is 2.73. The average Bonchev–Trinajstić information content (AvgIpc) is 2.86. The number of nitrogens with zero attached hydrogens (tertiary/aromatic N) is 2. The lowest BCUT2D eigenvalue weighted by Gasteiger charge is -2.40. The molecule has 0 aromatic carbocycles. The fraction of sp³-hybridized carbons (Fsp3) is 0.667. The number of hydrogen-bond donors (Lipinski definition) is 1. The first-order chi connectivity index (χ1) is 8.70. The van der Waals surface area contributed by atoms with E-state index in [0.29, 0.717) is 0 Å². The number of hydrogen-bond acceptors (Lipinski definition) is 3. The normalized spacial score (nSPS) is 18.4. The molecule has 3 nitrogen and oxygen atoms in total. The summed E-state index contributed by atoms with van der Waals surface area (Å²) in [6, 6.07) is 2.23. The fourth-order valence-electron chi connectivity index (χ4n) is 3.22. The SMILES string of the molecule is CCN(Cc1cncc(C)c1)C1(CN)CCCC1. The highest BCUT2D eigenvalue weighted by molar-refractivity contribution is 5.17. The summed E-state index contributed by atoms with van der Waals surface area (Å²) in [4.78, 5) is 6.84. The molecule has 2 N–H and O–H groups in total. The molecule has 1 aromatic heterocycles. The molecule has 0 bridgehead atoms. The molecule has 1 heterocycles. The number of nitrogens with two attached hydrogens (primary N) is 1. The highest BCUT2D eigenvalue weighted by Crippen LogP contribution is 2.35. The molecule has 1 saturated carbocycles. The quantitative estimate of drug-likeness (QED) is 0.869. The molecule has 1 aromatic rings. The van der Waals surface area contributed by atoms with Crippen molar-refractivity contribution in [1.82, 2.24) is 9.88 Å². The molecule has 1 fully saturated rings. The van der Waals surface area contributed by atoms with E-state index >= 15 is 0 Å². The van der Waals surface area contributed by atoms with Gasteiger partial charge in [-0.25, -0.2) is 0 Å². The molecule has 0 spiro atoms. The van der Waals surface area contributed by atoms with E-state index in [9.17, 15) is 0 Å². The molecule has 1 aliphatic rings. The minimum Gasteiger partial charge on any atom is -0.329 e. The summed E-state index contributed by atoms with van der Waals surface area (Å²) in [6.07, 6.45) is 9.02. The summed E-state index contributed by atoms with van der Waals surface area (Å²) < 4.78 is 0. The Morgan fingerprint density at radius 3 is 2.61 bits per heavy atom. The summed E-state index contributed by atoms with van der Waals surface area (Å²) in [6.45, 7) is 7.15. The summed E-state index contributed by atoms with van der Waals surface area (Å²) >= 11 is 0. The van der Waals surface area contributed by atoms with Crippen LogP contribution in [0.25, 0.3) is 0 Å². The van der Waals surface area contributed by atoms with Gasteiger partial charge in [0.1, 0.15) is 0 Å². The minimum absolute atomic E-state index is 0.235. The van der Waals surface area contributed by atoms with Crippen molar-refractivity contribution in [2.24, 2.45) is 5.73 Å².